The fourth-order valence-corrected chi connectivity index (χ4v) is 4.05. The number of ether oxygens (including phenoxy) is 1. The molecule has 0 amide bonds. The Kier molecular flexibility index (Phi) is 6.09. The molecule has 0 aliphatic carbocycles. The van der Waals surface area contributed by atoms with Gasteiger partial charge in [0.15, 0.2) is 5.69 Å². The number of hydrogen-bond acceptors (Lipinski definition) is 6. The van der Waals surface area contributed by atoms with Gasteiger partial charge < -0.3 is 19.9 Å². The number of pyridine rings is 1. The van der Waals surface area contributed by atoms with Crippen LogP contribution < -0.4 is 10.2 Å². The van der Waals surface area contributed by atoms with E-state index in [0.29, 0.717) is 18.3 Å². The predicted octanol–water partition coefficient (Wildman–Crippen LogP) is 4.60. The number of carbonyl (C=O) groups is 1. The Balaban J connectivity index is 1.63. The first kappa shape index (κ1) is 21.1. The van der Waals surface area contributed by atoms with Gasteiger partial charge in [-0.2, -0.15) is 0 Å². The first-order valence-corrected chi connectivity index (χ1v) is 10.9. The Morgan fingerprint density at radius 1 is 1.16 bits per heavy atom. The molecule has 31 heavy (non-hydrogen) atoms. The second kappa shape index (κ2) is 8.94. The minimum absolute atomic E-state index is 0.321. The number of nitrogens with zero attached hydrogens (tertiary/aromatic N) is 3. The van der Waals surface area contributed by atoms with E-state index >= 15 is 0 Å². The van der Waals surface area contributed by atoms with Crippen LogP contribution in [0.1, 0.15) is 29.9 Å². The van der Waals surface area contributed by atoms with Gasteiger partial charge in [0.1, 0.15) is 0 Å². The van der Waals surface area contributed by atoms with Gasteiger partial charge in [0, 0.05) is 48.0 Å². The highest BCUT2D eigenvalue weighted by atomic mass is 16.5. The van der Waals surface area contributed by atoms with Crippen molar-refractivity contribution in [1.29, 1.82) is 0 Å². The molecule has 1 aromatic heterocycles. The van der Waals surface area contributed by atoms with Crippen molar-refractivity contribution in [2.45, 2.75) is 26.8 Å². The molecule has 162 valence electrons. The summed E-state index contributed by atoms with van der Waals surface area (Å²) in [6.07, 6.45) is 0. The summed E-state index contributed by atoms with van der Waals surface area (Å²) in [5.74, 6) is -0.395. The molecule has 0 bridgehead atoms. The van der Waals surface area contributed by atoms with Crippen LogP contribution in [0.15, 0.2) is 48.5 Å². The lowest BCUT2D eigenvalue weighted by molar-refractivity contribution is 0.0519. The number of fused-ring (bicyclic) bond motifs is 1. The summed E-state index contributed by atoms with van der Waals surface area (Å²) in [7, 11) is 2.18. The van der Waals surface area contributed by atoms with Crippen molar-refractivity contribution in [1.82, 2.24) is 9.88 Å². The molecule has 2 aromatic carbocycles. The van der Waals surface area contributed by atoms with E-state index in [4.69, 9.17) is 4.74 Å². The Bertz CT molecular complexity index is 1080. The monoisotopic (exact) mass is 418 g/mol. The van der Waals surface area contributed by atoms with Gasteiger partial charge in [-0.15, -0.1) is 0 Å². The molecule has 1 N–H and O–H groups in total. The van der Waals surface area contributed by atoms with Crippen molar-refractivity contribution in [3.05, 3.63) is 59.8 Å². The van der Waals surface area contributed by atoms with Gasteiger partial charge in [-0.3, -0.25) is 0 Å². The second-order valence-corrected chi connectivity index (χ2v) is 8.15. The summed E-state index contributed by atoms with van der Waals surface area (Å²) in [5.41, 5.74) is 4.99. The maximum Gasteiger partial charge on any atom is 0.357 e. The molecule has 3 aromatic rings. The highest BCUT2D eigenvalue weighted by Gasteiger charge is 2.21. The van der Waals surface area contributed by atoms with E-state index in [1.807, 2.05) is 31.2 Å². The van der Waals surface area contributed by atoms with E-state index in [0.717, 1.165) is 47.5 Å². The van der Waals surface area contributed by atoms with Crippen molar-refractivity contribution in [3.63, 3.8) is 0 Å². The molecule has 1 atom stereocenters. The highest BCUT2D eigenvalue weighted by molar-refractivity contribution is 6.01. The molecule has 1 aliphatic heterocycles. The Labute approximate surface area is 183 Å². The number of para-hydroxylation sites is 1. The average Bonchev–Trinajstić information content (AvgIpc) is 2.78. The summed E-state index contributed by atoms with van der Waals surface area (Å²) in [4.78, 5) is 21.8. The number of piperazine rings is 1. The van der Waals surface area contributed by atoms with Crippen LogP contribution in [-0.4, -0.2) is 55.2 Å². The molecule has 6 heteroatoms. The largest absolute Gasteiger partial charge is 0.461 e. The fraction of sp³-hybridized carbons (Fsp3) is 0.360. The normalized spacial score (nSPS) is 17.0. The molecule has 1 saturated heterocycles. The maximum absolute atomic E-state index is 12.5. The summed E-state index contributed by atoms with van der Waals surface area (Å²) in [5, 5.41) is 4.50. The van der Waals surface area contributed by atoms with Crippen LogP contribution in [0, 0.1) is 6.92 Å². The summed E-state index contributed by atoms with van der Waals surface area (Å²) in [6, 6.07) is 16.9. The van der Waals surface area contributed by atoms with E-state index in [1.54, 1.807) is 6.92 Å². The molecule has 1 unspecified atom stereocenters. The average molecular weight is 419 g/mol. The van der Waals surface area contributed by atoms with Crippen molar-refractivity contribution < 1.29 is 9.53 Å². The zero-order valence-corrected chi connectivity index (χ0v) is 18.7. The van der Waals surface area contributed by atoms with Crippen molar-refractivity contribution in [2.75, 3.05) is 43.5 Å². The molecule has 6 nitrogen and oxygen atoms in total. The zero-order valence-electron chi connectivity index (χ0n) is 18.7. The number of anilines is 3. The molecule has 1 fully saturated rings. The Morgan fingerprint density at radius 2 is 1.90 bits per heavy atom. The summed E-state index contributed by atoms with van der Waals surface area (Å²) in [6.45, 7) is 9.43. The van der Waals surface area contributed by atoms with E-state index < -0.39 is 5.97 Å². The molecule has 1 aliphatic rings. The van der Waals surface area contributed by atoms with E-state index in [-0.39, 0.29) is 0 Å². The van der Waals surface area contributed by atoms with Gasteiger partial charge in [0.25, 0.3) is 0 Å². The van der Waals surface area contributed by atoms with Crippen LogP contribution >= 0.6 is 0 Å². The molecule has 0 spiro atoms. The minimum atomic E-state index is -0.395. The standard InChI is InChI=1S/C25H30N4O2/c1-5-31-25(30)24-18(3)23(21-8-6-7-9-22(21)27-24)26-19-10-12-20(13-11-19)29-15-14-28(4)17(2)16-29/h6-13,17H,5,14-16H2,1-4H3,(H,26,27). The van der Waals surface area contributed by atoms with E-state index in [9.17, 15) is 4.79 Å². The van der Waals surface area contributed by atoms with Crippen LogP contribution in [-0.2, 0) is 4.74 Å². The first-order valence-electron chi connectivity index (χ1n) is 10.9. The van der Waals surface area contributed by atoms with Crippen LogP contribution in [0.4, 0.5) is 17.1 Å². The van der Waals surface area contributed by atoms with Gasteiger partial charge in [-0.25, -0.2) is 9.78 Å². The quantitative estimate of drug-likeness (QED) is 0.611. The summed E-state index contributed by atoms with van der Waals surface area (Å²) >= 11 is 0. The predicted molar refractivity (Wildman–Crippen MR) is 126 cm³/mol. The SMILES string of the molecule is CCOC(=O)c1nc2ccccc2c(Nc2ccc(N3CCN(C)C(C)C3)cc2)c1C. The lowest BCUT2D eigenvalue weighted by atomic mass is 10.1. The third-order valence-electron chi connectivity index (χ3n) is 6.07. The van der Waals surface area contributed by atoms with Gasteiger partial charge in [-0.1, -0.05) is 18.2 Å². The van der Waals surface area contributed by atoms with Gasteiger partial charge in [-0.05, 0) is 58.2 Å². The van der Waals surface area contributed by atoms with Gasteiger partial charge in [0.2, 0.25) is 0 Å². The van der Waals surface area contributed by atoms with Crippen LogP contribution in [0.3, 0.4) is 0 Å². The zero-order chi connectivity index (χ0) is 22.0. The molecule has 0 saturated carbocycles. The van der Waals surface area contributed by atoms with Crippen LogP contribution in [0.5, 0.6) is 0 Å². The lowest BCUT2D eigenvalue weighted by Gasteiger charge is -2.39. The highest BCUT2D eigenvalue weighted by Crippen LogP contribution is 2.32. The minimum Gasteiger partial charge on any atom is -0.461 e. The number of nitrogens with one attached hydrogen (secondary N) is 1. The number of likely N-dealkylation sites (N-methyl/N-ethyl adjacent to an activating group) is 1. The molecule has 0 radical (unpaired) electrons. The van der Waals surface area contributed by atoms with Crippen LogP contribution in [0.25, 0.3) is 10.9 Å². The van der Waals surface area contributed by atoms with E-state index in [1.165, 1.54) is 5.69 Å². The second-order valence-electron chi connectivity index (χ2n) is 8.15. The molecule has 2 heterocycles. The number of esters is 1. The number of hydrogen-bond donors (Lipinski definition) is 1. The number of rotatable bonds is 5. The number of carbonyl (C=O) groups excluding carboxylic acids is 1. The van der Waals surface area contributed by atoms with E-state index in [2.05, 4.69) is 58.3 Å². The third-order valence-corrected chi connectivity index (χ3v) is 6.07. The summed E-state index contributed by atoms with van der Waals surface area (Å²) < 4.78 is 5.22. The Morgan fingerprint density at radius 3 is 2.61 bits per heavy atom. The number of aromatic nitrogens is 1. The third kappa shape index (κ3) is 4.35. The number of benzene rings is 2. The molecular weight excluding hydrogens is 388 g/mol. The Hall–Kier alpha value is -3.12. The molecular formula is C25H30N4O2. The van der Waals surface area contributed by atoms with Gasteiger partial charge >= 0.3 is 5.97 Å². The molecule has 4 rings (SSSR count). The topological polar surface area (TPSA) is 57.7 Å². The van der Waals surface area contributed by atoms with Crippen molar-refractivity contribution in [2.24, 2.45) is 0 Å². The smallest absolute Gasteiger partial charge is 0.357 e. The van der Waals surface area contributed by atoms with Crippen LogP contribution in [0.2, 0.25) is 0 Å². The van der Waals surface area contributed by atoms with Crippen molar-refractivity contribution in [3.8, 4) is 0 Å². The lowest BCUT2D eigenvalue weighted by Crippen LogP contribution is -2.50. The van der Waals surface area contributed by atoms with Crippen molar-refractivity contribution >= 4 is 33.9 Å². The maximum atomic E-state index is 12.5. The fourth-order valence-electron chi connectivity index (χ4n) is 4.05. The first-order chi connectivity index (χ1) is 15.0. The van der Waals surface area contributed by atoms with Gasteiger partial charge in [0.05, 0.1) is 17.8 Å².